The van der Waals surface area contributed by atoms with Gasteiger partial charge in [-0.15, -0.1) is 0 Å². The Hall–Kier alpha value is -3.92. The van der Waals surface area contributed by atoms with Crippen LogP contribution in [0.25, 0.3) is 0 Å². The van der Waals surface area contributed by atoms with E-state index in [1.54, 1.807) is 48.5 Å². The van der Waals surface area contributed by atoms with E-state index in [2.05, 4.69) is 5.32 Å². The second kappa shape index (κ2) is 9.92. The summed E-state index contributed by atoms with van der Waals surface area (Å²) in [5, 5.41) is 2.77. The van der Waals surface area contributed by atoms with Gasteiger partial charge in [-0.05, 0) is 42.0 Å². The van der Waals surface area contributed by atoms with Gasteiger partial charge in [0.2, 0.25) is 12.7 Å². The van der Waals surface area contributed by atoms with Gasteiger partial charge in [0, 0.05) is 12.6 Å². The van der Waals surface area contributed by atoms with Gasteiger partial charge in [0.1, 0.15) is 18.0 Å². The number of hydrogen-bond acceptors (Lipinski definition) is 7. The number of fused-ring (bicyclic) bond motifs is 1. The Morgan fingerprint density at radius 3 is 2.47 bits per heavy atom. The number of hydrogen-bond donors (Lipinski definition) is 1. The molecule has 3 aromatic rings. The molecule has 0 atom stereocenters. The molecule has 0 fully saturated rings. The second-order valence-corrected chi connectivity index (χ2v) is 9.19. The first kappa shape index (κ1) is 23.2. The van der Waals surface area contributed by atoms with Crippen molar-refractivity contribution in [1.29, 1.82) is 0 Å². The van der Waals surface area contributed by atoms with Crippen LogP contribution < -0.4 is 28.6 Å². The number of ether oxygens (including phenoxy) is 4. The molecule has 10 heteroatoms. The van der Waals surface area contributed by atoms with Crippen LogP contribution >= 0.6 is 0 Å². The van der Waals surface area contributed by atoms with Crippen LogP contribution in [-0.4, -0.2) is 41.9 Å². The van der Waals surface area contributed by atoms with Crippen LogP contribution in [-0.2, 0) is 21.4 Å². The molecule has 0 aliphatic carbocycles. The Morgan fingerprint density at radius 1 is 0.971 bits per heavy atom. The molecule has 1 heterocycles. The number of anilines is 1. The van der Waals surface area contributed by atoms with Crippen molar-refractivity contribution in [2.24, 2.45) is 0 Å². The highest BCUT2D eigenvalue weighted by atomic mass is 32.2. The van der Waals surface area contributed by atoms with Crippen molar-refractivity contribution < 1.29 is 32.2 Å². The van der Waals surface area contributed by atoms with Crippen molar-refractivity contribution in [3.8, 4) is 23.0 Å². The SMILES string of the molecule is COc1ccc(OC)c(N(CC(=O)NCc2ccc3c(c2)OCO3)S(=O)(=O)c2ccccc2)c1. The summed E-state index contributed by atoms with van der Waals surface area (Å²) in [5.74, 6) is 1.44. The zero-order valence-corrected chi connectivity index (χ0v) is 19.5. The number of carbonyl (C=O) groups is 1. The van der Waals surface area contributed by atoms with Crippen molar-refractivity contribution in [2.45, 2.75) is 11.4 Å². The van der Waals surface area contributed by atoms with Crippen molar-refractivity contribution >= 4 is 21.6 Å². The zero-order chi connectivity index (χ0) is 24.1. The van der Waals surface area contributed by atoms with Crippen LogP contribution in [0.3, 0.4) is 0 Å². The van der Waals surface area contributed by atoms with E-state index in [0.29, 0.717) is 17.2 Å². The summed E-state index contributed by atoms with van der Waals surface area (Å²) in [7, 11) is -1.20. The van der Waals surface area contributed by atoms with Gasteiger partial charge in [-0.3, -0.25) is 9.10 Å². The monoisotopic (exact) mass is 484 g/mol. The summed E-state index contributed by atoms with van der Waals surface area (Å²) in [4.78, 5) is 13.0. The van der Waals surface area contributed by atoms with Crippen LogP contribution in [0.5, 0.6) is 23.0 Å². The van der Waals surface area contributed by atoms with Gasteiger partial charge in [0.05, 0.1) is 24.8 Å². The average Bonchev–Trinajstić information content (AvgIpc) is 3.34. The highest BCUT2D eigenvalue weighted by Crippen LogP contribution is 2.36. The number of nitrogens with zero attached hydrogens (tertiary/aromatic N) is 1. The third-order valence-corrected chi connectivity index (χ3v) is 6.97. The Labute approximate surface area is 197 Å². The molecular weight excluding hydrogens is 460 g/mol. The Balaban J connectivity index is 1.61. The van der Waals surface area contributed by atoms with Crippen LogP contribution in [0.4, 0.5) is 5.69 Å². The van der Waals surface area contributed by atoms with E-state index in [0.717, 1.165) is 9.87 Å². The van der Waals surface area contributed by atoms with Gasteiger partial charge in [0.25, 0.3) is 10.0 Å². The molecular formula is C24H24N2O7S. The molecule has 4 rings (SSSR count). The fourth-order valence-corrected chi connectivity index (χ4v) is 4.89. The number of benzene rings is 3. The number of methoxy groups -OCH3 is 2. The summed E-state index contributed by atoms with van der Waals surface area (Å²) < 4.78 is 49.4. The molecule has 0 aromatic heterocycles. The molecule has 3 aromatic carbocycles. The molecule has 34 heavy (non-hydrogen) atoms. The van der Waals surface area contributed by atoms with Crippen molar-refractivity contribution in [3.05, 3.63) is 72.3 Å². The largest absolute Gasteiger partial charge is 0.497 e. The number of amides is 1. The van der Waals surface area contributed by atoms with E-state index >= 15 is 0 Å². The first-order chi connectivity index (χ1) is 16.4. The minimum absolute atomic E-state index is 0.0449. The molecule has 178 valence electrons. The maximum absolute atomic E-state index is 13.6. The molecule has 0 unspecified atom stereocenters. The van der Waals surface area contributed by atoms with E-state index in [1.165, 1.54) is 32.4 Å². The third kappa shape index (κ3) is 4.86. The van der Waals surface area contributed by atoms with Gasteiger partial charge in [-0.2, -0.15) is 0 Å². The van der Waals surface area contributed by atoms with Gasteiger partial charge >= 0.3 is 0 Å². The third-order valence-electron chi connectivity index (χ3n) is 5.20. The predicted molar refractivity (Wildman–Crippen MR) is 125 cm³/mol. The van der Waals surface area contributed by atoms with Gasteiger partial charge in [-0.1, -0.05) is 24.3 Å². The number of nitrogens with one attached hydrogen (secondary N) is 1. The molecule has 0 bridgehead atoms. The minimum atomic E-state index is -4.10. The molecule has 9 nitrogen and oxygen atoms in total. The van der Waals surface area contributed by atoms with E-state index < -0.39 is 22.5 Å². The normalized spacial score (nSPS) is 12.2. The first-order valence-electron chi connectivity index (χ1n) is 10.4. The second-order valence-electron chi connectivity index (χ2n) is 7.33. The highest BCUT2D eigenvalue weighted by molar-refractivity contribution is 7.92. The van der Waals surface area contributed by atoms with Crippen molar-refractivity contribution in [2.75, 3.05) is 31.9 Å². The lowest BCUT2D eigenvalue weighted by atomic mass is 10.2. The van der Waals surface area contributed by atoms with Crippen LogP contribution in [0.2, 0.25) is 0 Å². The van der Waals surface area contributed by atoms with Crippen LogP contribution in [0, 0.1) is 0 Å². The molecule has 1 aliphatic heterocycles. The maximum atomic E-state index is 13.6. The maximum Gasteiger partial charge on any atom is 0.264 e. The highest BCUT2D eigenvalue weighted by Gasteiger charge is 2.30. The Kier molecular flexibility index (Phi) is 6.78. The topological polar surface area (TPSA) is 103 Å². The number of rotatable bonds is 9. The molecule has 1 N–H and O–H groups in total. The molecule has 1 aliphatic rings. The van der Waals surface area contributed by atoms with E-state index in [-0.39, 0.29) is 29.7 Å². The van der Waals surface area contributed by atoms with Crippen molar-refractivity contribution in [1.82, 2.24) is 5.32 Å². The fraction of sp³-hybridized carbons (Fsp3) is 0.208. The molecule has 0 saturated carbocycles. The average molecular weight is 485 g/mol. The summed E-state index contributed by atoms with van der Waals surface area (Å²) in [6.45, 7) is -0.130. The van der Waals surface area contributed by atoms with E-state index in [4.69, 9.17) is 18.9 Å². The molecule has 1 amide bonds. The lowest BCUT2D eigenvalue weighted by Crippen LogP contribution is -2.40. The Bertz CT molecular complexity index is 1280. The Morgan fingerprint density at radius 2 is 1.74 bits per heavy atom. The quantitative estimate of drug-likeness (QED) is 0.498. The van der Waals surface area contributed by atoms with E-state index in [9.17, 15) is 13.2 Å². The van der Waals surface area contributed by atoms with Crippen molar-refractivity contribution in [3.63, 3.8) is 0 Å². The summed E-state index contributed by atoms with van der Waals surface area (Å²) in [5.41, 5.74) is 0.970. The number of carbonyl (C=O) groups excluding carboxylic acids is 1. The lowest BCUT2D eigenvalue weighted by Gasteiger charge is -2.26. The molecule has 0 radical (unpaired) electrons. The summed E-state index contributed by atoms with van der Waals surface area (Å²) in [6.07, 6.45) is 0. The fourth-order valence-electron chi connectivity index (χ4n) is 3.45. The summed E-state index contributed by atoms with van der Waals surface area (Å²) >= 11 is 0. The van der Waals surface area contributed by atoms with Gasteiger partial charge in [-0.25, -0.2) is 8.42 Å². The molecule has 0 saturated heterocycles. The smallest absolute Gasteiger partial charge is 0.264 e. The number of sulfonamides is 1. The van der Waals surface area contributed by atoms with Gasteiger partial charge < -0.3 is 24.3 Å². The summed E-state index contributed by atoms with van der Waals surface area (Å²) in [6, 6.07) is 18.0. The zero-order valence-electron chi connectivity index (χ0n) is 18.7. The lowest BCUT2D eigenvalue weighted by molar-refractivity contribution is -0.119. The standard InChI is InChI=1S/C24H24N2O7S/c1-30-18-9-11-21(31-2)20(13-18)26(34(28,29)19-6-4-3-5-7-19)15-24(27)25-14-17-8-10-22-23(12-17)33-16-32-22/h3-13H,14-16H2,1-2H3,(H,25,27). The molecule has 0 spiro atoms. The minimum Gasteiger partial charge on any atom is -0.497 e. The predicted octanol–water partition coefficient (Wildman–Crippen LogP) is 2.94. The van der Waals surface area contributed by atoms with Crippen LogP contribution in [0.15, 0.2) is 71.6 Å². The van der Waals surface area contributed by atoms with Gasteiger partial charge in [0.15, 0.2) is 11.5 Å². The van der Waals surface area contributed by atoms with E-state index in [1.807, 2.05) is 0 Å². The van der Waals surface area contributed by atoms with Crippen LogP contribution in [0.1, 0.15) is 5.56 Å². The first-order valence-corrected chi connectivity index (χ1v) is 11.8.